The Morgan fingerprint density at radius 3 is 2.85 bits per heavy atom. The van der Waals surface area contributed by atoms with Gasteiger partial charge in [-0.1, -0.05) is 0 Å². The summed E-state index contributed by atoms with van der Waals surface area (Å²) < 4.78 is 2.77. The van der Waals surface area contributed by atoms with Crippen molar-refractivity contribution in [3.8, 4) is 0 Å². The molecular formula is C7H9N5O. The van der Waals surface area contributed by atoms with Gasteiger partial charge in [0.1, 0.15) is 0 Å². The third-order valence-corrected chi connectivity index (χ3v) is 1.81. The van der Waals surface area contributed by atoms with Crippen LogP contribution in [0, 0.1) is 6.92 Å². The van der Waals surface area contributed by atoms with Crippen LogP contribution >= 0.6 is 0 Å². The standard InChI is InChI=1S/C7H9N5O/c1-4-3-5-11(2)10-6(8)7(13)12(5)9-4/h3H,1-2H3,(H2,8,10). The molecule has 6 nitrogen and oxygen atoms in total. The van der Waals surface area contributed by atoms with Gasteiger partial charge in [-0.2, -0.15) is 9.61 Å². The van der Waals surface area contributed by atoms with E-state index in [1.165, 1.54) is 9.20 Å². The number of nitrogen functional groups attached to an aromatic ring is 1. The molecule has 0 aliphatic carbocycles. The molecule has 68 valence electrons. The number of hydrogen-bond donors (Lipinski definition) is 1. The molecule has 0 aliphatic heterocycles. The van der Waals surface area contributed by atoms with Crippen LogP contribution in [0.2, 0.25) is 0 Å². The van der Waals surface area contributed by atoms with Crippen molar-refractivity contribution in [2.24, 2.45) is 7.05 Å². The van der Waals surface area contributed by atoms with Gasteiger partial charge in [0.25, 0.3) is 0 Å². The van der Waals surface area contributed by atoms with Crippen molar-refractivity contribution in [3.63, 3.8) is 0 Å². The van der Waals surface area contributed by atoms with Crippen LogP contribution in [0.5, 0.6) is 0 Å². The van der Waals surface area contributed by atoms with E-state index in [-0.39, 0.29) is 11.4 Å². The molecule has 2 aromatic heterocycles. The van der Waals surface area contributed by atoms with Gasteiger partial charge in [0.15, 0.2) is 5.65 Å². The summed E-state index contributed by atoms with van der Waals surface area (Å²) in [6, 6.07) is 1.77. The minimum atomic E-state index is -0.374. The maximum absolute atomic E-state index is 11.4. The normalized spacial score (nSPS) is 10.9. The van der Waals surface area contributed by atoms with E-state index in [4.69, 9.17) is 5.73 Å². The lowest BCUT2D eigenvalue weighted by molar-refractivity contribution is 0.718. The van der Waals surface area contributed by atoms with Gasteiger partial charge in [0.2, 0.25) is 5.82 Å². The molecule has 0 bridgehead atoms. The molecule has 0 amide bonds. The first kappa shape index (κ1) is 7.78. The van der Waals surface area contributed by atoms with E-state index >= 15 is 0 Å². The zero-order chi connectivity index (χ0) is 9.59. The Balaban J connectivity index is 3.04. The summed E-state index contributed by atoms with van der Waals surface area (Å²) in [5.41, 5.74) is 6.42. The molecule has 0 atom stereocenters. The van der Waals surface area contributed by atoms with Crippen molar-refractivity contribution < 1.29 is 0 Å². The van der Waals surface area contributed by atoms with Gasteiger partial charge >= 0.3 is 5.56 Å². The molecule has 2 aromatic rings. The second kappa shape index (κ2) is 2.32. The van der Waals surface area contributed by atoms with Gasteiger partial charge in [-0.05, 0) is 6.92 Å². The first-order valence-corrected chi connectivity index (χ1v) is 3.79. The van der Waals surface area contributed by atoms with Gasteiger partial charge in [-0.15, -0.1) is 5.10 Å². The Morgan fingerprint density at radius 1 is 1.46 bits per heavy atom. The minimum Gasteiger partial charge on any atom is -0.378 e. The molecule has 0 aromatic carbocycles. The van der Waals surface area contributed by atoms with E-state index in [0.29, 0.717) is 5.65 Å². The molecule has 6 heteroatoms. The van der Waals surface area contributed by atoms with Gasteiger partial charge in [-0.25, -0.2) is 4.68 Å². The van der Waals surface area contributed by atoms with E-state index in [0.717, 1.165) is 5.69 Å². The molecule has 0 unspecified atom stereocenters. The number of nitrogens with two attached hydrogens (primary N) is 1. The van der Waals surface area contributed by atoms with Crippen LogP contribution in [-0.2, 0) is 7.05 Å². The van der Waals surface area contributed by atoms with Gasteiger partial charge in [0.05, 0.1) is 5.69 Å². The van der Waals surface area contributed by atoms with Crippen LogP contribution < -0.4 is 11.3 Å². The number of aromatic nitrogens is 4. The fourth-order valence-corrected chi connectivity index (χ4v) is 1.23. The Kier molecular flexibility index (Phi) is 1.39. The van der Waals surface area contributed by atoms with Crippen molar-refractivity contribution in [1.29, 1.82) is 0 Å². The highest BCUT2D eigenvalue weighted by Crippen LogP contribution is 2.01. The number of anilines is 1. The van der Waals surface area contributed by atoms with Crippen molar-refractivity contribution in [2.75, 3.05) is 5.73 Å². The lowest BCUT2D eigenvalue weighted by Crippen LogP contribution is -2.23. The third-order valence-electron chi connectivity index (χ3n) is 1.81. The molecule has 0 saturated heterocycles. The molecule has 0 radical (unpaired) electrons. The predicted molar refractivity (Wildman–Crippen MR) is 47.4 cm³/mol. The van der Waals surface area contributed by atoms with Crippen molar-refractivity contribution in [3.05, 3.63) is 22.1 Å². The maximum atomic E-state index is 11.4. The molecule has 2 N–H and O–H groups in total. The van der Waals surface area contributed by atoms with Gasteiger partial charge in [0, 0.05) is 13.1 Å². The van der Waals surface area contributed by atoms with Gasteiger partial charge < -0.3 is 5.73 Å². The van der Waals surface area contributed by atoms with Crippen LogP contribution in [-0.4, -0.2) is 19.4 Å². The monoisotopic (exact) mass is 179 g/mol. The highest BCUT2D eigenvalue weighted by atomic mass is 16.1. The van der Waals surface area contributed by atoms with Crippen LogP contribution in [0.15, 0.2) is 10.9 Å². The highest BCUT2D eigenvalue weighted by Gasteiger charge is 2.07. The van der Waals surface area contributed by atoms with E-state index in [2.05, 4.69) is 10.2 Å². The summed E-state index contributed by atoms with van der Waals surface area (Å²) in [6.07, 6.45) is 0. The summed E-state index contributed by atoms with van der Waals surface area (Å²) in [7, 11) is 1.71. The Bertz CT molecular complexity index is 523. The van der Waals surface area contributed by atoms with Gasteiger partial charge in [-0.3, -0.25) is 4.79 Å². The molecule has 0 spiro atoms. The van der Waals surface area contributed by atoms with E-state index in [9.17, 15) is 4.79 Å². The third kappa shape index (κ3) is 0.986. The maximum Gasteiger partial charge on any atom is 0.317 e. The highest BCUT2D eigenvalue weighted by molar-refractivity contribution is 5.41. The molecular weight excluding hydrogens is 170 g/mol. The average molecular weight is 179 g/mol. The zero-order valence-corrected chi connectivity index (χ0v) is 7.35. The summed E-state index contributed by atoms with van der Waals surface area (Å²) in [5.74, 6) is -0.0434. The Labute approximate surface area is 73.6 Å². The smallest absolute Gasteiger partial charge is 0.317 e. The van der Waals surface area contributed by atoms with Crippen LogP contribution in [0.25, 0.3) is 5.65 Å². The second-order valence-corrected chi connectivity index (χ2v) is 2.87. The van der Waals surface area contributed by atoms with Crippen LogP contribution in [0.3, 0.4) is 0 Å². The lowest BCUT2D eigenvalue weighted by atomic mass is 10.5. The average Bonchev–Trinajstić information content (AvgIpc) is 2.44. The lowest BCUT2D eigenvalue weighted by Gasteiger charge is -2.00. The molecule has 0 fully saturated rings. The van der Waals surface area contributed by atoms with Crippen LogP contribution in [0.1, 0.15) is 5.69 Å². The summed E-state index contributed by atoms with van der Waals surface area (Å²) in [6.45, 7) is 1.81. The van der Waals surface area contributed by atoms with E-state index in [1.54, 1.807) is 13.1 Å². The Hall–Kier alpha value is -1.85. The molecule has 13 heavy (non-hydrogen) atoms. The SMILES string of the molecule is Cc1cc2n(C)nc(N)c(=O)n2n1. The zero-order valence-electron chi connectivity index (χ0n) is 7.35. The van der Waals surface area contributed by atoms with Crippen molar-refractivity contribution >= 4 is 11.5 Å². The van der Waals surface area contributed by atoms with E-state index < -0.39 is 0 Å². The summed E-state index contributed by atoms with van der Waals surface area (Å²) >= 11 is 0. The number of fused-ring (bicyclic) bond motifs is 1. The quantitative estimate of drug-likeness (QED) is 0.581. The minimum absolute atomic E-state index is 0.0434. The Morgan fingerprint density at radius 2 is 2.15 bits per heavy atom. The fourth-order valence-electron chi connectivity index (χ4n) is 1.23. The number of hydrogen-bond acceptors (Lipinski definition) is 4. The topological polar surface area (TPSA) is 78.2 Å². The molecule has 0 saturated carbocycles. The summed E-state index contributed by atoms with van der Waals surface area (Å²) in [5, 5.41) is 7.83. The first-order chi connectivity index (χ1) is 6.09. The fraction of sp³-hybridized carbons (Fsp3) is 0.286. The van der Waals surface area contributed by atoms with Crippen molar-refractivity contribution in [2.45, 2.75) is 6.92 Å². The van der Waals surface area contributed by atoms with Crippen LogP contribution in [0.4, 0.5) is 5.82 Å². The first-order valence-electron chi connectivity index (χ1n) is 3.79. The number of rotatable bonds is 0. The predicted octanol–water partition coefficient (Wildman–Crippen LogP) is -0.681. The largest absolute Gasteiger partial charge is 0.378 e. The summed E-state index contributed by atoms with van der Waals surface area (Å²) in [4.78, 5) is 11.4. The molecule has 2 heterocycles. The van der Waals surface area contributed by atoms with Crippen molar-refractivity contribution in [1.82, 2.24) is 19.4 Å². The molecule has 2 rings (SSSR count). The second-order valence-electron chi connectivity index (χ2n) is 2.87. The molecule has 0 aliphatic rings. The number of aryl methyl sites for hydroxylation is 2. The van der Waals surface area contributed by atoms with E-state index in [1.807, 2.05) is 6.92 Å². The number of nitrogens with zero attached hydrogens (tertiary/aromatic N) is 4.